The average molecular weight is 414 g/mol. The fourth-order valence-electron chi connectivity index (χ4n) is 7.85. The highest BCUT2D eigenvalue weighted by Crippen LogP contribution is 2.76. The van der Waals surface area contributed by atoms with Crippen LogP contribution in [-0.2, 0) is 23.9 Å². The van der Waals surface area contributed by atoms with Crippen LogP contribution in [0.25, 0.3) is 0 Å². The molecule has 6 nitrogen and oxygen atoms in total. The summed E-state index contributed by atoms with van der Waals surface area (Å²) in [6, 6.07) is 0. The number of epoxide rings is 1. The zero-order chi connectivity index (χ0) is 21.7. The largest absolute Gasteiger partial charge is 0.458 e. The van der Waals surface area contributed by atoms with E-state index in [1.165, 1.54) is 6.92 Å². The molecule has 1 saturated heterocycles. The quantitative estimate of drug-likeness (QED) is 0.564. The van der Waals surface area contributed by atoms with Crippen molar-refractivity contribution < 1.29 is 29.0 Å². The van der Waals surface area contributed by atoms with E-state index >= 15 is 0 Å². The molecule has 1 heterocycles. The molecule has 5 rings (SSSR count). The summed E-state index contributed by atoms with van der Waals surface area (Å²) >= 11 is 0. The maximum Gasteiger partial charge on any atom is 0.303 e. The van der Waals surface area contributed by atoms with Crippen LogP contribution < -0.4 is 0 Å². The third kappa shape index (κ3) is 2.14. The molecule has 1 aliphatic heterocycles. The summed E-state index contributed by atoms with van der Waals surface area (Å²) in [7, 11) is 0. The lowest BCUT2D eigenvalue weighted by Gasteiger charge is -2.55. The number of hydrogen-bond acceptors (Lipinski definition) is 6. The van der Waals surface area contributed by atoms with Gasteiger partial charge in [0.05, 0.1) is 6.10 Å². The molecule has 30 heavy (non-hydrogen) atoms. The van der Waals surface area contributed by atoms with E-state index in [1.807, 2.05) is 19.9 Å². The van der Waals surface area contributed by atoms with Gasteiger partial charge in [-0.05, 0) is 62.5 Å². The molecule has 4 fully saturated rings. The summed E-state index contributed by atoms with van der Waals surface area (Å²) in [5.41, 5.74) is -1.71. The Hall–Kier alpha value is -1.79. The molecule has 162 valence electrons. The number of carbonyl (C=O) groups excluding carboxylic acids is 3. The molecule has 6 heteroatoms. The summed E-state index contributed by atoms with van der Waals surface area (Å²) in [6.45, 7) is 7.00. The van der Waals surface area contributed by atoms with Crippen molar-refractivity contribution in [3.05, 3.63) is 23.8 Å². The first kappa shape index (κ1) is 20.1. The Bertz CT molecular complexity index is 919. The number of allylic oxidation sites excluding steroid dienone is 2. The van der Waals surface area contributed by atoms with Crippen molar-refractivity contribution >= 4 is 17.5 Å². The van der Waals surface area contributed by atoms with Gasteiger partial charge in [0.25, 0.3) is 0 Å². The van der Waals surface area contributed by atoms with Gasteiger partial charge in [-0.1, -0.05) is 25.5 Å². The van der Waals surface area contributed by atoms with Crippen LogP contribution in [0.3, 0.4) is 0 Å². The summed E-state index contributed by atoms with van der Waals surface area (Å²) in [4.78, 5) is 36.3. The van der Waals surface area contributed by atoms with Gasteiger partial charge in [0, 0.05) is 17.8 Å². The molecular formula is C24H30O6. The van der Waals surface area contributed by atoms with Crippen molar-refractivity contribution in [1.29, 1.82) is 0 Å². The molecule has 3 saturated carbocycles. The highest BCUT2D eigenvalue weighted by Gasteiger charge is 2.81. The van der Waals surface area contributed by atoms with E-state index in [4.69, 9.17) is 9.47 Å². The minimum absolute atomic E-state index is 0.0371. The number of carbonyl (C=O) groups is 3. The Balaban J connectivity index is 1.52. The van der Waals surface area contributed by atoms with Crippen LogP contribution in [-0.4, -0.2) is 46.6 Å². The Morgan fingerprint density at radius 1 is 1.30 bits per heavy atom. The number of aliphatic hydroxyl groups is 1. The molecule has 0 aromatic carbocycles. The Labute approximate surface area is 176 Å². The highest BCUT2D eigenvalue weighted by molar-refractivity contribution is 6.01. The molecule has 1 spiro atoms. The molecule has 2 unspecified atom stereocenters. The van der Waals surface area contributed by atoms with Crippen molar-refractivity contribution in [2.75, 3.05) is 6.61 Å². The van der Waals surface area contributed by atoms with Crippen molar-refractivity contribution in [3.8, 4) is 0 Å². The molecule has 0 aromatic heterocycles. The summed E-state index contributed by atoms with van der Waals surface area (Å²) in [6.07, 6.45) is 8.43. The van der Waals surface area contributed by atoms with E-state index in [2.05, 4.69) is 6.92 Å². The number of ether oxygens (including phenoxy) is 2. The van der Waals surface area contributed by atoms with Gasteiger partial charge in [0.2, 0.25) is 5.78 Å². The smallest absolute Gasteiger partial charge is 0.303 e. The van der Waals surface area contributed by atoms with Crippen LogP contribution in [0.2, 0.25) is 0 Å². The number of fused-ring (bicyclic) bond motifs is 3. The molecule has 0 bridgehead atoms. The van der Waals surface area contributed by atoms with Crippen LogP contribution in [0.15, 0.2) is 23.8 Å². The van der Waals surface area contributed by atoms with Crippen molar-refractivity contribution in [3.63, 3.8) is 0 Å². The minimum atomic E-state index is -1.54. The van der Waals surface area contributed by atoms with Gasteiger partial charge in [-0.2, -0.15) is 0 Å². The normalized spacial score (nSPS) is 50.6. The number of rotatable bonds is 3. The Morgan fingerprint density at radius 2 is 2.03 bits per heavy atom. The first-order valence-corrected chi connectivity index (χ1v) is 11.0. The van der Waals surface area contributed by atoms with E-state index in [9.17, 15) is 19.5 Å². The van der Waals surface area contributed by atoms with Gasteiger partial charge in [-0.3, -0.25) is 14.4 Å². The fourth-order valence-corrected chi connectivity index (χ4v) is 7.85. The topological polar surface area (TPSA) is 93.2 Å². The lowest BCUT2D eigenvalue weighted by Crippen LogP contribution is -2.62. The second-order valence-electron chi connectivity index (χ2n) is 10.5. The maximum absolute atomic E-state index is 13.1. The molecule has 4 aliphatic carbocycles. The van der Waals surface area contributed by atoms with Crippen LogP contribution in [0.5, 0.6) is 0 Å². The molecule has 0 radical (unpaired) electrons. The monoisotopic (exact) mass is 414 g/mol. The van der Waals surface area contributed by atoms with E-state index < -0.39 is 29.4 Å². The fraction of sp³-hybridized carbons (Fsp3) is 0.708. The number of Topliss-reactive ketones (excluding diaryl/α,β-unsaturated/α-hetero) is 1. The Kier molecular flexibility index (Phi) is 3.97. The zero-order valence-electron chi connectivity index (χ0n) is 18.1. The van der Waals surface area contributed by atoms with Gasteiger partial charge in [0.15, 0.2) is 12.4 Å². The number of esters is 1. The van der Waals surface area contributed by atoms with E-state index in [1.54, 1.807) is 12.2 Å². The van der Waals surface area contributed by atoms with Gasteiger partial charge in [-0.25, -0.2) is 0 Å². The Morgan fingerprint density at radius 3 is 2.73 bits per heavy atom. The maximum atomic E-state index is 13.1. The lowest BCUT2D eigenvalue weighted by molar-refractivity contribution is -0.170. The van der Waals surface area contributed by atoms with Crippen LogP contribution >= 0.6 is 0 Å². The SMILES string of the molecule is CC(=O)OCC(=O)[C@@]1(O)[C@H](C)CC2C3CCC4=CC(=O)C=C[C@]4(C)[C@@]34O[C@H]4C[C@@]21C. The van der Waals surface area contributed by atoms with Crippen molar-refractivity contribution in [2.45, 2.75) is 70.7 Å². The van der Waals surface area contributed by atoms with Gasteiger partial charge in [0.1, 0.15) is 11.2 Å². The molecule has 8 atom stereocenters. The highest BCUT2D eigenvalue weighted by atomic mass is 16.6. The van der Waals surface area contributed by atoms with Gasteiger partial charge in [-0.15, -0.1) is 0 Å². The molecule has 0 amide bonds. The van der Waals surface area contributed by atoms with Crippen LogP contribution in [0.4, 0.5) is 0 Å². The number of ketones is 2. The van der Waals surface area contributed by atoms with E-state index in [0.717, 1.165) is 24.8 Å². The predicted molar refractivity (Wildman–Crippen MR) is 107 cm³/mol. The van der Waals surface area contributed by atoms with Crippen molar-refractivity contribution in [2.24, 2.45) is 28.6 Å². The second-order valence-corrected chi connectivity index (χ2v) is 10.5. The van der Waals surface area contributed by atoms with Gasteiger partial charge >= 0.3 is 5.97 Å². The van der Waals surface area contributed by atoms with E-state index in [-0.39, 0.29) is 40.7 Å². The first-order chi connectivity index (χ1) is 14.0. The zero-order valence-corrected chi connectivity index (χ0v) is 18.1. The third-order valence-electron chi connectivity index (χ3n) is 9.35. The predicted octanol–water partition coefficient (Wildman–Crippen LogP) is 2.53. The van der Waals surface area contributed by atoms with Crippen LogP contribution in [0, 0.1) is 28.6 Å². The average Bonchev–Trinajstić information content (AvgIpc) is 3.36. The molecule has 0 aromatic rings. The van der Waals surface area contributed by atoms with E-state index in [0.29, 0.717) is 6.42 Å². The molecule has 5 aliphatic rings. The van der Waals surface area contributed by atoms with Crippen molar-refractivity contribution in [1.82, 2.24) is 0 Å². The standard InChI is InChI=1S/C24H30O6/c1-13-9-18-17-6-5-15-10-16(26)7-8-21(15,3)24(17)20(30-24)11-22(18,4)23(13,28)19(27)12-29-14(2)25/h7-8,10,13,17-18,20,28H,5-6,9,11-12H2,1-4H3/t13-,17?,18?,20+,21+,22+,23+,24-/m1/s1. The number of hydrogen-bond donors (Lipinski definition) is 1. The van der Waals surface area contributed by atoms with Gasteiger partial charge < -0.3 is 14.6 Å². The molecular weight excluding hydrogens is 384 g/mol. The summed E-state index contributed by atoms with van der Waals surface area (Å²) < 4.78 is 11.4. The lowest BCUT2D eigenvalue weighted by atomic mass is 9.46. The summed E-state index contributed by atoms with van der Waals surface area (Å²) in [5.74, 6) is -0.783. The molecule has 1 N–H and O–H groups in total. The van der Waals surface area contributed by atoms with Crippen LogP contribution in [0.1, 0.15) is 53.4 Å². The third-order valence-corrected chi connectivity index (χ3v) is 9.35. The first-order valence-electron chi connectivity index (χ1n) is 11.0. The minimum Gasteiger partial charge on any atom is -0.458 e. The second kappa shape index (κ2) is 5.92. The summed E-state index contributed by atoms with van der Waals surface area (Å²) in [5, 5.41) is 11.8.